The van der Waals surface area contributed by atoms with Crippen molar-refractivity contribution in [2.75, 3.05) is 13.7 Å². The molecule has 212 valence electrons. The second-order valence-corrected chi connectivity index (χ2v) is 11.4. The zero-order valence-corrected chi connectivity index (χ0v) is 23.9. The van der Waals surface area contributed by atoms with E-state index in [1.165, 1.54) is 29.4 Å². The van der Waals surface area contributed by atoms with E-state index in [-0.39, 0.29) is 17.0 Å². The Kier molecular flexibility index (Phi) is 8.58. The maximum Gasteiger partial charge on any atom is 0.330 e. The molecule has 9 heteroatoms. The summed E-state index contributed by atoms with van der Waals surface area (Å²) in [5, 5.41) is -0.321. The van der Waals surface area contributed by atoms with Crippen molar-refractivity contribution in [3.63, 3.8) is 0 Å². The number of aryl methyl sites for hydroxylation is 1. The molecule has 0 amide bonds. The SMILES string of the molecule is COc1ccc(C(OC[C@H]2O[C@@H](n3cc(C)c(=O)[nH]c3=O)C[C@@H]2SC(C)=O)(c2ccccc2)c2ccccc2)cc1. The van der Waals surface area contributed by atoms with Gasteiger partial charge in [-0.2, -0.15) is 0 Å². The van der Waals surface area contributed by atoms with Gasteiger partial charge in [0.15, 0.2) is 5.12 Å². The van der Waals surface area contributed by atoms with Gasteiger partial charge in [0.2, 0.25) is 0 Å². The number of H-pyrrole nitrogens is 1. The van der Waals surface area contributed by atoms with Crippen LogP contribution in [0.15, 0.2) is 101 Å². The summed E-state index contributed by atoms with van der Waals surface area (Å²) in [5.74, 6) is 0.727. The van der Waals surface area contributed by atoms with Crippen LogP contribution in [0.4, 0.5) is 0 Å². The number of aromatic nitrogens is 2. The highest BCUT2D eigenvalue weighted by Gasteiger charge is 2.43. The lowest BCUT2D eigenvalue weighted by Crippen LogP contribution is -2.38. The van der Waals surface area contributed by atoms with Gasteiger partial charge in [-0.25, -0.2) is 4.79 Å². The third-order valence-corrected chi connectivity index (χ3v) is 8.41. The van der Waals surface area contributed by atoms with Crippen molar-refractivity contribution in [2.45, 2.75) is 43.5 Å². The van der Waals surface area contributed by atoms with Crippen molar-refractivity contribution in [3.8, 4) is 5.75 Å². The quantitative estimate of drug-likeness (QED) is 0.288. The van der Waals surface area contributed by atoms with Crippen LogP contribution >= 0.6 is 11.8 Å². The zero-order valence-electron chi connectivity index (χ0n) is 23.1. The average molecular weight is 573 g/mol. The van der Waals surface area contributed by atoms with Gasteiger partial charge in [0.25, 0.3) is 5.56 Å². The number of rotatable bonds is 9. The summed E-state index contributed by atoms with van der Waals surface area (Å²) >= 11 is 1.18. The Morgan fingerprint density at radius 1 is 0.976 bits per heavy atom. The molecule has 8 nitrogen and oxygen atoms in total. The Labute approximate surface area is 242 Å². The van der Waals surface area contributed by atoms with Crippen molar-refractivity contribution in [1.29, 1.82) is 0 Å². The molecule has 1 aromatic heterocycles. The number of nitrogens with zero attached hydrogens (tertiary/aromatic N) is 1. The third kappa shape index (κ3) is 5.93. The zero-order chi connectivity index (χ0) is 29.0. The molecule has 1 aliphatic heterocycles. The van der Waals surface area contributed by atoms with Crippen molar-refractivity contribution >= 4 is 16.9 Å². The van der Waals surface area contributed by atoms with E-state index < -0.39 is 29.2 Å². The van der Waals surface area contributed by atoms with Gasteiger partial charge >= 0.3 is 5.69 Å². The standard InChI is InChI=1S/C32H32N2O6S/c1-21-19-34(31(37)33-30(21)36)29-18-28(41-22(2)35)27(40-29)20-39-32(23-10-6-4-7-11-23,24-12-8-5-9-13-24)25-14-16-26(38-3)17-15-25/h4-17,19,27-29H,18,20H2,1-3H3,(H,33,36,37)/t27-,28+,29-/m1/s1. The molecule has 0 unspecified atom stereocenters. The number of thioether (sulfide) groups is 1. The van der Waals surface area contributed by atoms with E-state index in [1.54, 1.807) is 14.0 Å². The number of hydrogen-bond donors (Lipinski definition) is 1. The van der Waals surface area contributed by atoms with Crippen molar-refractivity contribution in [3.05, 3.63) is 134 Å². The summed E-state index contributed by atoms with van der Waals surface area (Å²) in [7, 11) is 1.63. The van der Waals surface area contributed by atoms with Crippen molar-refractivity contribution in [2.24, 2.45) is 0 Å². The molecule has 0 saturated carbocycles. The number of aromatic amines is 1. The molecule has 0 aliphatic carbocycles. The van der Waals surface area contributed by atoms with E-state index in [1.807, 2.05) is 84.9 Å². The topological polar surface area (TPSA) is 99.6 Å². The summed E-state index contributed by atoms with van der Waals surface area (Å²) in [4.78, 5) is 39.2. The van der Waals surface area contributed by atoms with Crippen LogP contribution in [-0.2, 0) is 19.9 Å². The normalized spacial score (nSPS) is 18.8. The Morgan fingerprint density at radius 3 is 2.12 bits per heavy atom. The summed E-state index contributed by atoms with van der Waals surface area (Å²) in [6, 6.07) is 27.7. The molecule has 0 spiro atoms. The number of carbonyl (C=O) groups is 1. The van der Waals surface area contributed by atoms with Crippen LogP contribution in [0.2, 0.25) is 0 Å². The highest BCUT2D eigenvalue weighted by Crippen LogP contribution is 2.43. The third-order valence-electron chi connectivity index (χ3n) is 7.28. The predicted molar refractivity (Wildman–Crippen MR) is 158 cm³/mol. The fourth-order valence-corrected chi connectivity index (χ4v) is 6.27. The molecule has 1 fully saturated rings. The fraction of sp³-hybridized carbons (Fsp3) is 0.281. The largest absolute Gasteiger partial charge is 0.497 e. The van der Waals surface area contributed by atoms with E-state index in [9.17, 15) is 14.4 Å². The number of carbonyl (C=O) groups excluding carboxylic acids is 1. The van der Waals surface area contributed by atoms with Crippen LogP contribution in [0.3, 0.4) is 0 Å². The minimum absolute atomic E-state index is 0.0539. The first-order valence-electron chi connectivity index (χ1n) is 13.4. The highest BCUT2D eigenvalue weighted by atomic mass is 32.2. The first-order valence-corrected chi connectivity index (χ1v) is 14.2. The van der Waals surface area contributed by atoms with Gasteiger partial charge in [-0.1, -0.05) is 84.6 Å². The molecule has 5 rings (SSSR count). The lowest BCUT2D eigenvalue weighted by molar-refractivity contribution is -0.109. The minimum atomic E-state index is -1.01. The first kappa shape index (κ1) is 28.6. The molecule has 3 atom stereocenters. The van der Waals surface area contributed by atoms with Crippen LogP contribution in [0.25, 0.3) is 0 Å². The van der Waals surface area contributed by atoms with Gasteiger partial charge in [-0.3, -0.25) is 19.1 Å². The van der Waals surface area contributed by atoms with E-state index >= 15 is 0 Å². The van der Waals surface area contributed by atoms with Crippen LogP contribution in [-0.4, -0.2) is 39.7 Å². The summed E-state index contributed by atoms with van der Waals surface area (Å²) in [5.41, 5.74) is 1.15. The summed E-state index contributed by atoms with van der Waals surface area (Å²) in [6.45, 7) is 3.28. The first-order chi connectivity index (χ1) is 19.8. The lowest BCUT2D eigenvalue weighted by Gasteiger charge is -2.37. The summed E-state index contributed by atoms with van der Waals surface area (Å²) in [6.07, 6.45) is 0.723. The van der Waals surface area contributed by atoms with Gasteiger partial charge < -0.3 is 14.2 Å². The number of ether oxygens (including phenoxy) is 3. The summed E-state index contributed by atoms with van der Waals surface area (Å²) < 4.78 is 20.2. The predicted octanol–water partition coefficient (Wildman–Crippen LogP) is 4.80. The molecule has 2 heterocycles. The van der Waals surface area contributed by atoms with E-state index in [0.29, 0.717) is 12.0 Å². The second kappa shape index (κ2) is 12.3. The Bertz CT molecular complexity index is 1560. The molecular formula is C32H32N2O6S. The maximum absolute atomic E-state index is 12.7. The Balaban J connectivity index is 1.56. The second-order valence-electron chi connectivity index (χ2n) is 9.94. The minimum Gasteiger partial charge on any atom is -0.497 e. The molecule has 0 radical (unpaired) electrons. The smallest absolute Gasteiger partial charge is 0.330 e. The van der Waals surface area contributed by atoms with E-state index in [2.05, 4.69) is 4.98 Å². The fourth-order valence-electron chi connectivity index (χ4n) is 5.29. The maximum atomic E-state index is 12.7. The van der Waals surface area contributed by atoms with Crippen LogP contribution in [0.1, 0.15) is 41.8 Å². The monoisotopic (exact) mass is 572 g/mol. The van der Waals surface area contributed by atoms with Crippen LogP contribution < -0.4 is 16.0 Å². The highest BCUT2D eigenvalue weighted by molar-refractivity contribution is 8.14. The van der Waals surface area contributed by atoms with Crippen LogP contribution in [0.5, 0.6) is 5.75 Å². The number of nitrogens with one attached hydrogen (secondary N) is 1. The van der Waals surface area contributed by atoms with E-state index in [0.717, 1.165) is 22.4 Å². The molecule has 1 saturated heterocycles. The Morgan fingerprint density at radius 2 is 1.56 bits per heavy atom. The lowest BCUT2D eigenvalue weighted by atomic mass is 9.80. The number of methoxy groups -OCH3 is 1. The number of hydrogen-bond acceptors (Lipinski definition) is 7. The average Bonchev–Trinajstić information content (AvgIpc) is 3.38. The molecule has 1 aliphatic rings. The molecule has 4 aromatic rings. The van der Waals surface area contributed by atoms with Gasteiger partial charge in [-0.05, 0) is 35.7 Å². The molecule has 41 heavy (non-hydrogen) atoms. The van der Waals surface area contributed by atoms with Gasteiger partial charge in [0.05, 0.1) is 19.8 Å². The molecule has 3 aromatic carbocycles. The van der Waals surface area contributed by atoms with Gasteiger partial charge in [0.1, 0.15) is 17.6 Å². The van der Waals surface area contributed by atoms with Crippen molar-refractivity contribution in [1.82, 2.24) is 9.55 Å². The van der Waals surface area contributed by atoms with Gasteiger partial charge in [0, 0.05) is 30.4 Å². The molecular weight excluding hydrogens is 540 g/mol. The molecule has 1 N–H and O–H groups in total. The van der Waals surface area contributed by atoms with Crippen LogP contribution in [0, 0.1) is 6.92 Å². The van der Waals surface area contributed by atoms with E-state index in [4.69, 9.17) is 14.2 Å². The molecule has 0 bridgehead atoms. The van der Waals surface area contributed by atoms with Crippen molar-refractivity contribution < 1.29 is 19.0 Å². The Hall–Kier alpha value is -3.92. The number of benzene rings is 3. The van der Waals surface area contributed by atoms with Gasteiger partial charge in [-0.15, -0.1) is 0 Å².